The lowest BCUT2D eigenvalue weighted by Gasteiger charge is -2.24. The second-order valence-electron chi connectivity index (χ2n) is 5.28. The Morgan fingerprint density at radius 2 is 2.10 bits per heavy atom. The number of aromatic nitrogens is 2. The van der Waals surface area contributed by atoms with Gasteiger partial charge in [0.25, 0.3) is 0 Å². The molecular formula is C13H21F3N4O. The summed E-state index contributed by atoms with van der Waals surface area (Å²) in [4.78, 5) is 13.3. The molecular weight excluding hydrogens is 285 g/mol. The van der Waals surface area contributed by atoms with E-state index < -0.39 is 17.9 Å². The zero-order valence-corrected chi connectivity index (χ0v) is 12.6. The number of amides is 1. The quantitative estimate of drug-likeness (QED) is 0.901. The summed E-state index contributed by atoms with van der Waals surface area (Å²) < 4.78 is 39.6. The Kier molecular flexibility index (Phi) is 5.38. The topological polar surface area (TPSA) is 64.2 Å². The van der Waals surface area contributed by atoms with Gasteiger partial charge < -0.3 is 10.6 Å². The highest BCUT2D eigenvalue weighted by molar-refractivity contribution is 5.81. The average Bonchev–Trinajstić information content (AvgIpc) is 2.76. The van der Waals surface area contributed by atoms with Crippen LogP contribution in [0.1, 0.15) is 31.5 Å². The van der Waals surface area contributed by atoms with Crippen LogP contribution in [-0.2, 0) is 24.6 Å². The molecule has 0 spiro atoms. The average molecular weight is 306 g/mol. The van der Waals surface area contributed by atoms with Crippen LogP contribution < -0.4 is 5.73 Å². The molecule has 2 N–H and O–H groups in total. The first-order chi connectivity index (χ1) is 9.57. The van der Waals surface area contributed by atoms with E-state index in [1.54, 1.807) is 0 Å². The Morgan fingerprint density at radius 3 is 2.57 bits per heavy atom. The Balaban J connectivity index is 2.89. The molecule has 0 fully saturated rings. The number of hydrogen-bond donors (Lipinski definition) is 1. The minimum absolute atomic E-state index is 0.0315. The Bertz CT molecular complexity index is 498. The fraction of sp³-hybridized carbons (Fsp3) is 0.692. The van der Waals surface area contributed by atoms with Crippen LogP contribution in [0.15, 0.2) is 6.20 Å². The van der Waals surface area contributed by atoms with Gasteiger partial charge in [-0.15, -0.1) is 0 Å². The molecule has 0 aliphatic rings. The predicted octanol–water partition coefficient (Wildman–Crippen LogP) is 1.77. The summed E-state index contributed by atoms with van der Waals surface area (Å²) >= 11 is 0. The summed E-state index contributed by atoms with van der Waals surface area (Å²) in [6.07, 6.45) is -2.55. The molecule has 0 aliphatic carbocycles. The van der Waals surface area contributed by atoms with Crippen LogP contribution in [0.2, 0.25) is 0 Å². The van der Waals surface area contributed by atoms with Gasteiger partial charge in [0.15, 0.2) is 5.69 Å². The monoisotopic (exact) mass is 306 g/mol. The van der Waals surface area contributed by atoms with Crippen molar-refractivity contribution in [1.82, 2.24) is 14.7 Å². The van der Waals surface area contributed by atoms with Crippen molar-refractivity contribution in [3.05, 3.63) is 17.5 Å². The van der Waals surface area contributed by atoms with Crippen molar-refractivity contribution < 1.29 is 18.0 Å². The van der Waals surface area contributed by atoms with Gasteiger partial charge in [-0.1, -0.05) is 20.3 Å². The van der Waals surface area contributed by atoms with Gasteiger partial charge >= 0.3 is 6.18 Å². The van der Waals surface area contributed by atoms with Gasteiger partial charge in [0.2, 0.25) is 5.91 Å². The molecule has 0 unspecified atom stereocenters. The SMILES string of the molecule is CC[C@H](C)[C@H](N)C(=O)N(C)Cc1cn(C)nc1C(F)(F)F. The first-order valence-electron chi connectivity index (χ1n) is 6.68. The van der Waals surface area contributed by atoms with E-state index in [-0.39, 0.29) is 23.9 Å². The molecule has 2 atom stereocenters. The number of aryl methyl sites for hydroxylation is 1. The van der Waals surface area contributed by atoms with Gasteiger partial charge in [0.05, 0.1) is 6.04 Å². The molecule has 120 valence electrons. The summed E-state index contributed by atoms with van der Waals surface area (Å²) in [5.41, 5.74) is 4.81. The van der Waals surface area contributed by atoms with Crippen LogP contribution in [0, 0.1) is 5.92 Å². The van der Waals surface area contributed by atoms with E-state index in [4.69, 9.17) is 5.73 Å². The third-order valence-corrected chi connectivity index (χ3v) is 3.50. The molecule has 5 nitrogen and oxygen atoms in total. The molecule has 0 saturated heterocycles. The van der Waals surface area contributed by atoms with E-state index in [9.17, 15) is 18.0 Å². The first-order valence-corrected chi connectivity index (χ1v) is 6.68. The number of likely N-dealkylation sites (N-methyl/N-ethyl adjacent to an activating group) is 1. The second-order valence-corrected chi connectivity index (χ2v) is 5.28. The summed E-state index contributed by atoms with van der Waals surface area (Å²) in [6, 6.07) is -0.717. The fourth-order valence-corrected chi connectivity index (χ4v) is 1.98. The standard InChI is InChI=1S/C13H21F3N4O/c1-5-8(2)10(17)12(21)19(3)6-9-7-20(4)18-11(9)13(14,15)16/h7-8,10H,5-6,17H2,1-4H3/t8-,10-/m0/s1. The predicted molar refractivity (Wildman–Crippen MR) is 72.1 cm³/mol. The van der Waals surface area contributed by atoms with Gasteiger partial charge in [-0.3, -0.25) is 9.48 Å². The lowest BCUT2D eigenvalue weighted by Crippen LogP contribution is -2.45. The maximum absolute atomic E-state index is 12.9. The lowest BCUT2D eigenvalue weighted by molar-refractivity contribution is -0.143. The van der Waals surface area contributed by atoms with Crippen molar-refractivity contribution >= 4 is 5.91 Å². The number of rotatable bonds is 5. The van der Waals surface area contributed by atoms with Crippen molar-refractivity contribution in [1.29, 1.82) is 0 Å². The molecule has 1 aromatic rings. The van der Waals surface area contributed by atoms with Gasteiger partial charge in [-0.25, -0.2) is 0 Å². The highest BCUT2D eigenvalue weighted by Crippen LogP contribution is 2.31. The largest absolute Gasteiger partial charge is 0.435 e. The number of alkyl halides is 3. The molecule has 0 aromatic carbocycles. The lowest BCUT2D eigenvalue weighted by atomic mass is 9.99. The highest BCUT2D eigenvalue weighted by Gasteiger charge is 2.37. The molecule has 0 aliphatic heterocycles. The maximum atomic E-state index is 12.9. The molecule has 21 heavy (non-hydrogen) atoms. The van der Waals surface area contributed by atoms with E-state index in [0.29, 0.717) is 0 Å². The summed E-state index contributed by atoms with van der Waals surface area (Å²) in [5, 5.41) is 3.41. The van der Waals surface area contributed by atoms with E-state index in [0.717, 1.165) is 11.1 Å². The van der Waals surface area contributed by atoms with E-state index in [1.165, 1.54) is 25.2 Å². The Hall–Kier alpha value is -1.57. The normalized spacial score (nSPS) is 14.9. The van der Waals surface area contributed by atoms with Gasteiger partial charge in [-0.05, 0) is 5.92 Å². The Morgan fingerprint density at radius 1 is 1.52 bits per heavy atom. The molecule has 1 rings (SSSR count). The molecule has 1 heterocycles. The zero-order valence-electron chi connectivity index (χ0n) is 12.6. The maximum Gasteiger partial charge on any atom is 0.435 e. The fourth-order valence-electron chi connectivity index (χ4n) is 1.98. The van der Waals surface area contributed by atoms with Crippen LogP contribution in [-0.4, -0.2) is 33.7 Å². The summed E-state index contributed by atoms with van der Waals surface area (Å²) in [5.74, 6) is -0.405. The number of halogens is 3. The number of nitrogens with zero attached hydrogens (tertiary/aromatic N) is 3. The van der Waals surface area contributed by atoms with E-state index in [1.807, 2.05) is 13.8 Å². The molecule has 0 bridgehead atoms. The van der Waals surface area contributed by atoms with Gasteiger partial charge in [-0.2, -0.15) is 18.3 Å². The minimum atomic E-state index is -4.54. The van der Waals surface area contributed by atoms with Crippen LogP contribution in [0.25, 0.3) is 0 Å². The van der Waals surface area contributed by atoms with Crippen molar-refractivity contribution in [3.8, 4) is 0 Å². The number of carbonyl (C=O) groups excluding carboxylic acids is 1. The van der Waals surface area contributed by atoms with Gasteiger partial charge in [0, 0.05) is 32.4 Å². The van der Waals surface area contributed by atoms with Gasteiger partial charge in [0.1, 0.15) is 0 Å². The highest BCUT2D eigenvalue weighted by atomic mass is 19.4. The number of nitrogens with two attached hydrogens (primary N) is 1. The zero-order chi connectivity index (χ0) is 16.4. The second kappa shape index (κ2) is 6.46. The Labute approximate surface area is 121 Å². The summed E-state index contributed by atoms with van der Waals surface area (Å²) in [6.45, 7) is 3.56. The van der Waals surface area contributed by atoms with Crippen LogP contribution in [0.4, 0.5) is 13.2 Å². The third kappa shape index (κ3) is 4.20. The molecule has 1 amide bonds. The van der Waals surface area contributed by atoms with E-state index in [2.05, 4.69) is 5.10 Å². The summed E-state index contributed by atoms with van der Waals surface area (Å²) in [7, 11) is 2.85. The number of carbonyl (C=O) groups is 1. The third-order valence-electron chi connectivity index (χ3n) is 3.50. The minimum Gasteiger partial charge on any atom is -0.340 e. The smallest absolute Gasteiger partial charge is 0.340 e. The number of hydrogen-bond acceptors (Lipinski definition) is 3. The molecule has 1 aromatic heterocycles. The van der Waals surface area contributed by atoms with Crippen molar-refractivity contribution in [2.24, 2.45) is 18.7 Å². The first kappa shape index (κ1) is 17.5. The molecule has 0 saturated carbocycles. The van der Waals surface area contributed by atoms with Crippen LogP contribution >= 0.6 is 0 Å². The van der Waals surface area contributed by atoms with Crippen molar-refractivity contribution in [3.63, 3.8) is 0 Å². The van der Waals surface area contributed by atoms with Crippen LogP contribution in [0.3, 0.4) is 0 Å². The van der Waals surface area contributed by atoms with Crippen LogP contribution in [0.5, 0.6) is 0 Å². The molecule has 8 heteroatoms. The van der Waals surface area contributed by atoms with E-state index >= 15 is 0 Å². The van der Waals surface area contributed by atoms with Crippen molar-refractivity contribution in [2.45, 2.75) is 39.0 Å². The van der Waals surface area contributed by atoms with Crippen molar-refractivity contribution in [2.75, 3.05) is 7.05 Å². The molecule has 0 radical (unpaired) electrons.